The Morgan fingerprint density at radius 2 is 1.69 bits per heavy atom. The summed E-state index contributed by atoms with van der Waals surface area (Å²) < 4.78 is 4.78. The molecule has 1 saturated carbocycles. The molecule has 0 aromatic heterocycles. The normalized spacial score (nSPS) is 15.1. The van der Waals surface area contributed by atoms with Crippen LogP contribution in [-0.2, 0) is 14.3 Å². The maximum Gasteiger partial charge on any atom is 0.325 e. The topological polar surface area (TPSA) is 84.5 Å². The van der Waals surface area contributed by atoms with Gasteiger partial charge in [0.05, 0.1) is 6.61 Å². The van der Waals surface area contributed by atoms with Crippen LogP contribution < -0.4 is 10.6 Å². The van der Waals surface area contributed by atoms with E-state index in [0.29, 0.717) is 5.56 Å². The average molecular weight is 391 g/mol. The molecule has 1 fully saturated rings. The molecule has 1 aliphatic carbocycles. The van der Waals surface area contributed by atoms with Gasteiger partial charge in [-0.3, -0.25) is 14.4 Å². The Balaban J connectivity index is 1.76. The van der Waals surface area contributed by atoms with Crippen LogP contribution in [0.25, 0.3) is 10.8 Å². The van der Waals surface area contributed by atoms with Crippen LogP contribution >= 0.6 is 0 Å². The minimum absolute atomic E-state index is 0.235. The van der Waals surface area contributed by atoms with Gasteiger partial charge in [0.2, 0.25) is 5.91 Å². The first kappa shape index (κ1) is 20.8. The molecule has 2 N–H and O–H groups in total. The van der Waals surface area contributed by atoms with Crippen LogP contribution in [0.3, 0.4) is 0 Å². The van der Waals surface area contributed by atoms with Gasteiger partial charge in [0.1, 0.15) is 12.6 Å². The lowest BCUT2D eigenvalue weighted by Gasteiger charge is -2.18. The number of hydrogen-bond donors (Lipinski definition) is 2. The van der Waals surface area contributed by atoms with Gasteiger partial charge >= 0.3 is 5.97 Å². The monoisotopic (exact) mass is 391 g/mol. The van der Waals surface area contributed by atoms with E-state index in [9.17, 15) is 14.4 Å². The van der Waals surface area contributed by atoms with Crippen molar-refractivity contribution in [2.24, 2.45) is 0 Å². The van der Waals surface area contributed by atoms with E-state index < -0.39 is 17.9 Å². The van der Waals surface area contributed by atoms with Crippen LogP contribution in [0.1, 0.15) is 29.8 Å². The number of carbonyl (C=O) groups excluding carboxylic acids is 3. The van der Waals surface area contributed by atoms with E-state index in [0.717, 1.165) is 22.3 Å². The van der Waals surface area contributed by atoms with Gasteiger partial charge in [0.15, 0.2) is 0 Å². The first-order chi connectivity index (χ1) is 14.0. The zero-order chi connectivity index (χ0) is 20.8. The molecule has 0 unspecified atom stereocenters. The molecule has 2 aromatic carbocycles. The molecule has 0 bridgehead atoms. The number of esters is 1. The molecule has 2 aromatic rings. The van der Waals surface area contributed by atoms with E-state index in [1.54, 1.807) is 13.8 Å². The first-order valence-corrected chi connectivity index (χ1v) is 9.48. The SMILES string of the molecule is CCOC(=O)CNC(=O)[C@H](C)NC(=O)c1cc2ccccc2cc1[C]1[CH][CH][CH][CH]1. The van der Waals surface area contributed by atoms with Gasteiger partial charge in [-0.15, -0.1) is 0 Å². The summed E-state index contributed by atoms with van der Waals surface area (Å²) in [6, 6.07) is 10.8. The summed E-state index contributed by atoms with van der Waals surface area (Å²) >= 11 is 0. The Hall–Kier alpha value is -2.89. The lowest BCUT2D eigenvalue weighted by Crippen LogP contribution is -2.46. The zero-order valence-electron chi connectivity index (χ0n) is 16.4. The van der Waals surface area contributed by atoms with Crippen LogP contribution in [0.4, 0.5) is 0 Å². The average Bonchev–Trinajstić information content (AvgIpc) is 3.25. The standard InChI is InChI=1S/C23H23N2O4/c1-3-29-21(26)14-24-22(27)15(2)25-23(28)20-13-18-11-7-6-10-17(18)12-19(20)16-8-4-5-9-16/h4-13,15H,3,14H2,1-2H3,(H,24,27)(H,25,28)/t15-/m0/s1. The van der Waals surface area contributed by atoms with Gasteiger partial charge in [-0.25, -0.2) is 0 Å². The van der Waals surface area contributed by atoms with E-state index in [-0.39, 0.29) is 19.1 Å². The smallest absolute Gasteiger partial charge is 0.325 e. The molecular formula is C23H23N2O4. The summed E-state index contributed by atoms with van der Waals surface area (Å²) in [5.74, 6) is -0.402. The number of amides is 2. The third kappa shape index (κ3) is 5.13. The highest BCUT2D eigenvalue weighted by atomic mass is 16.5. The van der Waals surface area contributed by atoms with E-state index in [1.165, 1.54) is 0 Å². The minimum Gasteiger partial charge on any atom is -0.465 e. The fourth-order valence-electron chi connectivity index (χ4n) is 3.08. The minimum atomic E-state index is -0.809. The zero-order valence-corrected chi connectivity index (χ0v) is 16.4. The van der Waals surface area contributed by atoms with E-state index in [2.05, 4.69) is 10.6 Å². The number of fused-ring (bicyclic) bond motifs is 1. The molecule has 3 rings (SSSR count). The maximum atomic E-state index is 13.0. The third-order valence-electron chi connectivity index (χ3n) is 4.56. The van der Waals surface area contributed by atoms with E-state index in [1.807, 2.05) is 62.1 Å². The van der Waals surface area contributed by atoms with Crippen molar-refractivity contribution in [1.82, 2.24) is 10.6 Å². The quantitative estimate of drug-likeness (QED) is 0.710. The predicted octanol–water partition coefficient (Wildman–Crippen LogP) is 2.39. The molecule has 1 atom stereocenters. The summed E-state index contributed by atoms with van der Waals surface area (Å²) in [5.41, 5.74) is 1.28. The Morgan fingerprint density at radius 1 is 1.03 bits per heavy atom. The molecule has 2 amide bonds. The Kier molecular flexibility index (Phi) is 6.86. The van der Waals surface area contributed by atoms with Crippen molar-refractivity contribution in [2.75, 3.05) is 13.2 Å². The largest absolute Gasteiger partial charge is 0.465 e. The Labute approximate surface area is 171 Å². The van der Waals surface area contributed by atoms with E-state index >= 15 is 0 Å². The number of nitrogens with one attached hydrogen (secondary N) is 2. The van der Waals surface area contributed by atoms with Crippen LogP contribution in [-0.4, -0.2) is 37.0 Å². The molecule has 0 spiro atoms. The van der Waals surface area contributed by atoms with Crippen LogP contribution in [0.2, 0.25) is 0 Å². The summed E-state index contributed by atoms with van der Waals surface area (Å²) in [4.78, 5) is 36.6. The fourth-order valence-corrected chi connectivity index (χ4v) is 3.08. The second-order valence-electron chi connectivity index (χ2n) is 6.64. The summed E-state index contributed by atoms with van der Waals surface area (Å²) in [6.07, 6.45) is 7.71. The molecule has 1 aliphatic rings. The van der Waals surface area contributed by atoms with Gasteiger partial charge in [-0.1, -0.05) is 24.3 Å². The molecule has 6 nitrogen and oxygen atoms in total. The summed E-state index contributed by atoms with van der Waals surface area (Å²) in [6.45, 7) is 3.27. The van der Waals surface area contributed by atoms with Gasteiger partial charge in [-0.05, 0) is 68.0 Å². The van der Waals surface area contributed by atoms with Gasteiger partial charge in [0.25, 0.3) is 5.91 Å². The summed E-state index contributed by atoms with van der Waals surface area (Å²) in [5, 5.41) is 7.15. The van der Waals surface area contributed by atoms with Crippen molar-refractivity contribution in [2.45, 2.75) is 19.9 Å². The second kappa shape index (κ2) is 9.54. The molecule has 149 valence electrons. The molecule has 0 saturated heterocycles. The highest BCUT2D eigenvalue weighted by Gasteiger charge is 2.26. The highest BCUT2D eigenvalue weighted by molar-refractivity contribution is 6.03. The number of ether oxygens (including phenoxy) is 1. The number of hydrogen-bond acceptors (Lipinski definition) is 4. The van der Waals surface area contributed by atoms with Crippen molar-refractivity contribution >= 4 is 28.6 Å². The second-order valence-corrected chi connectivity index (χ2v) is 6.64. The lowest BCUT2D eigenvalue weighted by atomic mass is 9.89. The van der Waals surface area contributed by atoms with Crippen molar-refractivity contribution in [3.63, 3.8) is 0 Å². The van der Waals surface area contributed by atoms with Crippen LogP contribution in [0, 0.1) is 31.6 Å². The van der Waals surface area contributed by atoms with Gasteiger partial charge in [0, 0.05) is 11.5 Å². The molecule has 0 heterocycles. The van der Waals surface area contributed by atoms with Gasteiger partial charge in [-0.2, -0.15) is 0 Å². The van der Waals surface area contributed by atoms with Crippen LogP contribution in [0.15, 0.2) is 36.4 Å². The van der Waals surface area contributed by atoms with Gasteiger partial charge < -0.3 is 15.4 Å². The first-order valence-electron chi connectivity index (χ1n) is 9.48. The van der Waals surface area contributed by atoms with E-state index in [4.69, 9.17) is 4.74 Å². The van der Waals surface area contributed by atoms with Crippen LogP contribution in [0.5, 0.6) is 0 Å². The lowest BCUT2D eigenvalue weighted by molar-refractivity contribution is -0.143. The Morgan fingerprint density at radius 3 is 2.34 bits per heavy atom. The molecular weight excluding hydrogens is 368 g/mol. The van der Waals surface area contributed by atoms with Crippen molar-refractivity contribution in [1.29, 1.82) is 0 Å². The highest BCUT2D eigenvalue weighted by Crippen LogP contribution is 2.34. The number of carbonyl (C=O) groups is 3. The molecule has 0 aliphatic heterocycles. The summed E-state index contributed by atoms with van der Waals surface area (Å²) in [7, 11) is 0. The maximum absolute atomic E-state index is 13.0. The molecule has 29 heavy (non-hydrogen) atoms. The molecule has 5 radical (unpaired) electrons. The number of rotatable bonds is 7. The van der Waals surface area contributed by atoms with Crippen molar-refractivity contribution in [3.8, 4) is 0 Å². The van der Waals surface area contributed by atoms with Crippen molar-refractivity contribution in [3.05, 3.63) is 79.1 Å². The fraction of sp³-hybridized carbons (Fsp3) is 0.217. The molecule has 6 heteroatoms. The number of benzene rings is 2. The Bertz CT molecular complexity index is 903. The third-order valence-corrected chi connectivity index (χ3v) is 4.56. The predicted molar refractivity (Wildman–Crippen MR) is 110 cm³/mol. The van der Waals surface area contributed by atoms with Crippen molar-refractivity contribution < 1.29 is 19.1 Å².